The van der Waals surface area contributed by atoms with E-state index in [1.54, 1.807) is 30.3 Å². The Morgan fingerprint density at radius 1 is 1.23 bits per heavy atom. The van der Waals surface area contributed by atoms with E-state index in [2.05, 4.69) is 5.16 Å². The number of hydrogen-bond donors (Lipinski definition) is 1. The van der Waals surface area contributed by atoms with E-state index in [9.17, 15) is 14.3 Å². The molecule has 0 aliphatic rings. The van der Waals surface area contributed by atoms with Gasteiger partial charge in [-0.15, -0.1) is 0 Å². The molecule has 2 rings (SSSR count). The summed E-state index contributed by atoms with van der Waals surface area (Å²) in [7, 11) is 2.76. The molecule has 0 bridgehead atoms. The third kappa shape index (κ3) is 5.97. The summed E-state index contributed by atoms with van der Waals surface area (Å²) in [5.41, 5.74) is 1.36. The number of carboxylic acids is 1. The van der Waals surface area contributed by atoms with E-state index in [4.69, 9.17) is 19.0 Å². The van der Waals surface area contributed by atoms with E-state index in [1.165, 1.54) is 26.5 Å². The summed E-state index contributed by atoms with van der Waals surface area (Å²) in [5, 5.41) is 13.2. The molecule has 30 heavy (non-hydrogen) atoms. The zero-order chi connectivity index (χ0) is 21.9. The SMILES string of the molecule is CCCON=Cc1cc(F)c(OCc2ccccc2C(=COC)C(=O)O)c(OC)c1. The minimum Gasteiger partial charge on any atom is -0.503 e. The molecule has 2 aromatic rings. The highest BCUT2D eigenvalue weighted by atomic mass is 19.1. The Labute approximate surface area is 174 Å². The molecule has 8 heteroatoms. The highest BCUT2D eigenvalue weighted by Crippen LogP contribution is 2.32. The maximum atomic E-state index is 14.7. The van der Waals surface area contributed by atoms with Crippen LogP contribution in [0.4, 0.5) is 4.39 Å². The number of nitrogens with zero attached hydrogens (tertiary/aromatic N) is 1. The molecule has 0 atom stereocenters. The Bertz CT molecular complexity index is 926. The molecule has 0 radical (unpaired) electrons. The van der Waals surface area contributed by atoms with Crippen molar-refractivity contribution in [1.29, 1.82) is 0 Å². The van der Waals surface area contributed by atoms with E-state index >= 15 is 0 Å². The van der Waals surface area contributed by atoms with Crippen LogP contribution in [0.25, 0.3) is 5.57 Å². The van der Waals surface area contributed by atoms with Gasteiger partial charge in [0.05, 0.1) is 26.7 Å². The molecule has 0 spiro atoms. The summed E-state index contributed by atoms with van der Waals surface area (Å²) < 4.78 is 30.4. The molecule has 0 aliphatic heterocycles. The third-order valence-electron chi connectivity index (χ3n) is 3.97. The number of methoxy groups -OCH3 is 2. The van der Waals surface area contributed by atoms with Crippen LogP contribution in [-0.2, 0) is 21.0 Å². The van der Waals surface area contributed by atoms with Gasteiger partial charge in [0.1, 0.15) is 18.8 Å². The lowest BCUT2D eigenvalue weighted by Crippen LogP contribution is -2.07. The number of hydrogen-bond acceptors (Lipinski definition) is 6. The van der Waals surface area contributed by atoms with Gasteiger partial charge in [0, 0.05) is 5.56 Å². The van der Waals surface area contributed by atoms with E-state index < -0.39 is 11.8 Å². The molecule has 7 nitrogen and oxygen atoms in total. The monoisotopic (exact) mass is 417 g/mol. The van der Waals surface area contributed by atoms with Gasteiger partial charge in [-0.25, -0.2) is 9.18 Å². The standard InChI is InChI=1S/C22H24FNO6/c1-4-9-30-24-12-15-10-19(23)21(20(11-15)28-3)29-13-16-7-5-6-8-17(16)18(14-27-2)22(25)26/h5-8,10-12,14H,4,9,13H2,1-3H3,(H,25,26). The average molecular weight is 417 g/mol. The summed E-state index contributed by atoms with van der Waals surface area (Å²) in [6.07, 6.45) is 3.33. The van der Waals surface area contributed by atoms with Crippen molar-refractivity contribution in [2.24, 2.45) is 5.16 Å². The van der Waals surface area contributed by atoms with Crippen molar-refractivity contribution in [3.05, 3.63) is 65.2 Å². The van der Waals surface area contributed by atoms with Crippen molar-refractivity contribution in [2.45, 2.75) is 20.0 Å². The Morgan fingerprint density at radius 3 is 2.67 bits per heavy atom. The molecule has 0 aliphatic carbocycles. The molecule has 0 saturated carbocycles. The molecule has 0 aromatic heterocycles. The van der Waals surface area contributed by atoms with Crippen molar-refractivity contribution in [3.8, 4) is 11.5 Å². The van der Waals surface area contributed by atoms with Gasteiger partial charge in [0.15, 0.2) is 17.3 Å². The number of rotatable bonds is 11. The normalized spacial score (nSPS) is 11.4. The number of carbonyl (C=O) groups is 1. The van der Waals surface area contributed by atoms with Gasteiger partial charge in [-0.05, 0) is 29.7 Å². The van der Waals surface area contributed by atoms with Crippen molar-refractivity contribution in [3.63, 3.8) is 0 Å². The van der Waals surface area contributed by atoms with Crippen molar-refractivity contribution in [1.82, 2.24) is 0 Å². The zero-order valence-corrected chi connectivity index (χ0v) is 17.1. The van der Waals surface area contributed by atoms with Crippen LogP contribution < -0.4 is 9.47 Å². The first-order valence-corrected chi connectivity index (χ1v) is 9.22. The molecule has 0 fully saturated rings. The number of aliphatic carboxylic acids is 1. The van der Waals surface area contributed by atoms with Crippen molar-refractivity contribution < 1.29 is 33.3 Å². The van der Waals surface area contributed by atoms with Gasteiger partial charge < -0.3 is 24.2 Å². The summed E-state index contributed by atoms with van der Waals surface area (Å²) in [4.78, 5) is 16.6. The molecule has 2 aromatic carbocycles. The fourth-order valence-corrected chi connectivity index (χ4v) is 2.60. The van der Waals surface area contributed by atoms with Gasteiger partial charge in [-0.1, -0.05) is 36.3 Å². The van der Waals surface area contributed by atoms with Crippen LogP contribution in [0, 0.1) is 5.82 Å². The zero-order valence-electron chi connectivity index (χ0n) is 17.1. The van der Waals surface area contributed by atoms with Crippen LogP contribution in [0.15, 0.2) is 47.8 Å². The first kappa shape index (κ1) is 22.7. The minimum absolute atomic E-state index is 0.0391. The smallest absolute Gasteiger partial charge is 0.339 e. The number of ether oxygens (including phenoxy) is 3. The molecule has 0 saturated heterocycles. The van der Waals surface area contributed by atoms with Crippen LogP contribution in [-0.4, -0.2) is 38.1 Å². The van der Waals surface area contributed by atoms with E-state index in [0.717, 1.165) is 12.7 Å². The van der Waals surface area contributed by atoms with Crippen LogP contribution in [0.1, 0.15) is 30.0 Å². The van der Waals surface area contributed by atoms with Crippen LogP contribution in [0.2, 0.25) is 0 Å². The molecule has 0 amide bonds. The lowest BCUT2D eigenvalue weighted by Gasteiger charge is -2.15. The van der Waals surface area contributed by atoms with Gasteiger partial charge in [-0.2, -0.15) is 0 Å². The second kappa shape index (κ2) is 11.5. The highest BCUT2D eigenvalue weighted by molar-refractivity contribution is 6.15. The molecule has 160 valence electrons. The van der Waals surface area contributed by atoms with Gasteiger partial charge in [0.25, 0.3) is 0 Å². The predicted molar refractivity (Wildman–Crippen MR) is 110 cm³/mol. The summed E-state index contributed by atoms with van der Waals surface area (Å²) in [5.74, 6) is -1.71. The number of halogens is 1. The second-order valence-electron chi connectivity index (χ2n) is 6.12. The summed E-state index contributed by atoms with van der Waals surface area (Å²) in [6, 6.07) is 9.56. The fourth-order valence-electron chi connectivity index (χ4n) is 2.60. The Hall–Kier alpha value is -3.55. The van der Waals surface area contributed by atoms with Crippen molar-refractivity contribution in [2.75, 3.05) is 20.8 Å². The van der Waals surface area contributed by atoms with Gasteiger partial charge >= 0.3 is 5.97 Å². The van der Waals surface area contributed by atoms with E-state index in [1.807, 2.05) is 6.92 Å². The van der Waals surface area contributed by atoms with E-state index in [-0.39, 0.29) is 23.7 Å². The van der Waals surface area contributed by atoms with Crippen molar-refractivity contribution >= 4 is 17.8 Å². The first-order chi connectivity index (χ1) is 14.5. The molecule has 0 unspecified atom stereocenters. The predicted octanol–water partition coefficient (Wildman–Crippen LogP) is 4.25. The van der Waals surface area contributed by atoms with E-state index in [0.29, 0.717) is 23.3 Å². The topological polar surface area (TPSA) is 86.6 Å². The lowest BCUT2D eigenvalue weighted by atomic mass is 10.0. The number of carboxylic acid groups (broad SMARTS) is 1. The van der Waals surface area contributed by atoms with Gasteiger partial charge in [0.2, 0.25) is 0 Å². The Kier molecular flexibility index (Phi) is 8.68. The summed E-state index contributed by atoms with van der Waals surface area (Å²) in [6.45, 7) is 2.34. The average Bonchev–Trinajstić information content (AvgIpc) is 2.74. The van der Waals surface area contributed by atoms with Crippen LogP contribution in [0.3, 0.4) is 0 Å². The molecular formula is C22H24FNO6. The first-order valence-electron chi connectivity index (χ1n) is 9.22. The Morgan fingerprint density at radius 2 is 2.00 bits per heavy atom. The van der Waals surface area contributed by atoms with Crippen LogP contribution >= 0.6 is 0 Å². The quantitative estimate of drug-likeness (QED) is 0.193. The fraction of sp³-hybridized carbons (Fsp3) is 0.273. The third-order valence-corrected chi connectivity index (χ3v) is 3.97. The summed E-state index contributed by atoms with van der Waals surface area (Å²) >= 11 is 0. The largest absolute Gasteiger partial charge is 0.503 e. The molecule has 1 N–H and O–H groups in total. The highest BCUT2D eigenvalue weighted by Gasteiger charge is 2.17. The number of oxime groups is 1. The molecular weight excluding hydrogens is 393 g/mol. The van der Waals surface area contributed by atoms with Gasteiger partial charge in [-0.3, -0.25) is 0 Å². The minimum atomic E-state index is -1.15. The van der Waals surface area contributed by atoms with Crippen LogP contribution in [0.5, 0.6) is 11.5 Å². The maximum Gasteiger partial charge on any atom is 0.339 e. The lowest BCUT2D eigenvalue weighted by molar-refractivity contribution is -0.130. The second-order valence-corrected chi connectivity index (χ2v) is 6.12. The maximum absolute atomic E-state index is 14.7. The number of benzene rings is 2. The molecule has 0 heterocycles. The Balaban J connectivity index is 2.27.